The molecule has 1 saturated carbocycles. The van der Waals surface area contributed by atoms with Crippen molar-refractivity contribution in [2.24, 2.45) is 0 Å². The molecular formula is C14H18F2N2O2. The Labute approximate surface area is 116 Å². The van der Waals surface area contributed by atoms with Crippen LogP contribution in [0, 0.1) is 11.6 Å². The van der Waals surface area contributed by atoms with Crippen molar-refractivity contribution >= 4 is 5.91 Å². The lowest BCUT2D eigenvalue weighted by molar-refractivity contribution is -0.121. The van der Waals surface area contributed by atoms with Crippen molar-refractivity contribution < 1.29 is 18.7 Å². The number of aliphatic hydroxyl groups excluding tert-OH is 1. The minimum Gasteiger partial charge on any atom is -0.387 e. The first-order chi connectivity index (χ1) is 9.56. The lowest BCUT2D eigenvalue weighted by atomic mass is 10.1. The van der Waals surface area contributed by atoms with Gasteiger partial charge in [0.05, 0.1) is 6.10 Å². The van der Waals surface area contributed by atoms with Gasteiger partial charge in [-0.05, 0) is 18.9 Å². The van der Waals surface area contributed by atoms with Gasteiger partial charge in [0.15, 0.2) is 0 Å². The van der Waals surface area contributed by atoms with E-state index in [0.717, 1.165) is 25.0 Å². The fourth-order valence-corrected chi connectivity index (χ4v) is 1.85. The molecule has 1 aromatic rings. The topological polar surface area (TPSA) is 61.4 Å². The van der Waals surface area contributed by atoms with Crippen LogP contribution in [0.2, 0.25) is 0 Å². The summed E-state index contributed by atoms with van der Waals surface area (Å²) in [6.07, 6.45) is 1.33. The summed E-state index contributed by atoms with van der Waals surface area (Å²) in [7, 11) is 0. The highest BCUT2D eigenvalue weighted by Gasteiger charge is 2.22. The molecule has 0 bridgehead atoms. The number of carbonyl (C=O) groups is 1. The molecule has 3 N–H and O–H groups in total. The zero-order valence-corrected chi connectivity index (χ0v) is 11.0. The summed E-state index contributed by atoms with van der Waals surface area (Å²) in [5.74, 6) is -1.48. The van der Waals surface area contributed by atoms with E-state index in [4.69, 9.17) is 0 Å². The molecule has 20 heavy (non-hydrogen) atoms. The zero-order valence-electron chi connectivity index (χ0n) is 11.0. The molecule has 1 aliphatic rings. The number of hydrogen-bond acceptors (Lipinski definition) is 3. The van der Waals surface area contributed by atoms with Crippen molar-refractivity contribution in [3.8, 4) is 0 Å². The Morgan fingerprint density at radius 1 is 1.40 bits per heavy atom. The van der Waals surface area contributed by atoms with E-state index in [0.29, 0.717) is 19.0 Å². The molecule has 110 valence electrons. The van der Waals surface area contributed by atoms with E-state index < -0.39 is 17.7 Å². The van der Waals surface area contributed by atoms with Crippen LogP contribution in [0.3, 0.4) is 0 Å². The predicted molar refractivity (Wildman–Crippen MR) is 70.0 cm³/mol. The third-order valence-corrected chi connectivity index (χ3v) is 3.13. The van der Waals surface area contributed by atoms with E-state index in [1.807, 2.05) is 0 Å². The van der Waals surface area contributed by atoms with Crippen LogP contribution in [0.1, 0.15) is 30.9 Å². The molecule has 1 aromatic carbocycles. The Morgan fingerprint density at radius 3 is 2.80 bits per heavy atom. The van der Waals surface area contributed by atoms with Gasteiger partial charge in [-0.3, -0.25) is 4.79 Å². The molecule has 0 heterocycles. The van der Waals surface area contributed by atoms with Crippen LogP contribution < -0.4 is 10.6 Å². The van der Waals surface area contributed by atoms with Crippen LogP contribution in [0.5, 0.6) is 0 Å². The molecular weight excluding hydrogens is 266 g/mol. The molecule has 4 nitrogen and oxygen atoms in total. The number of hydrogen-bond donors (Lipinski definition) is 3. The molecule has 1 atom stereocenters. The van der Waals surface area contributed by atoms with Gasteiger partial charge in [0.25, 0.3) is 0 Å². The molecule has 0 aliphatic heterocycles. The predicted octanol–water partition coefficient (Wildman–Crippen LogP) is 1.26. The van der Waals surface area contributed by atoms with Crippen molar-refractivity contribution in [3.63, 3.8) is 0 Å². The third kappa shape index (κ3) is 4.54. The van der Waals surface area contributed by atoms with Gasteiger partial charge in [-0.1, -0.05) is 6.07 Å². The normalized spacial score (nSPS) is 15.9. The van der Waals surface area contributed by atoms with Gasteiger partial charge in [0.2, 0.25) is 5.91 Å². The summed E-state index contributed by atoms with van der Waals surface area (Å²) in [5.41, 5.74) is 0.0429. The van der Waals surface area contributed by atoms with Crippen molar-refractivity contribution in [3.05, 3.63) is 35.4 Å². The van der Waals surface area contributed by atoms with Crippen LogP contribution in [0.25, 0.3) is 0 Å². The molecule has 1 amide bonds. The smallest absolute Gasteiger partial charge is 0.221 e. The summed E-state index contributed by atoms with van der Waals surface area (Å²) >= 11 is 0. The molecule has 0 radical (unpaired) electrons. The second-order valence-electron chi connectivity index (χ2n) is 4.98. The van der Waals surface area contributed by atoms with Crippen LogP contribution >= 0.6 is 0 Å². The maximum Gasteiger partial charge on any atom is 0.221 e. The quantitative estimate of drug-likeness (QED) is 0.661. The van der Waals surface area contributed by atoms with E-state index in [1.165, 1.54) is 6.07 Å². The Bertz CT molecular complexity index is 478. The van der Waals surface area contributed by atoms with Crippen molar-refractivity contribution in [2.75, 3.05) is 13.1 Å². The maximum absolute atomic E-state index is 13.4. The molecule has 6 heteroatoms. The number of carbonyl (C=O) groups excluding carboxylic acids is 1. The number of nitrogens with one attached hydrogen (secondary N) is 2. The average molecular weight is 284 g/mol. The Hall–Kier alpha value is -1.53. The molecule has 2 rings (SSSR count). The number of aliphatic hydroxyl groups is 1. The molecule has 0 saturated heterocycles. The lowest BCUT2D eigenvalue weighted by Crippen LogP contribution is -2.30. The van der Waals surface area contributed by atoms with Gasteiger partial charge in [0, 0.05) is 37.2 Å². The van der Waals surface area contributed by atoms with Crippen molar-refractivity contribution in [2.45, 2.75) is 31.4 Å². The van der Waals surface area contributed by atoms with Crippen molar-refractivity contribution in [1.29, 1.82) is 0 Å². The van der Waals surface area contributed by atoms with Crippen LogP contribution in [-0.4, -0.2) is 30.1 Å². The second kappa shape index (κ2) is 6.76. The minimum atomic E-state index is -1.07. The summed E-state index contributed by atoms with van der Waals surface area (Å²) in [5, 5.41) is 15.5. The number of halogens is 2. The highest BCUT2D eigenvalue weighted by atomic mass is 19.1. The molecule has 1 aliphatic carbocycles. The van der Waals surface area contributed by atoms with Crippen molar-refractivity contribution in [1.82, 2.24) is 10.6 Å². The second-order valence-corrected chi connectivity index (χ2v) is 4.98. The Kier molecular flexibility index (Phi) is 5.03. The summed E-state index contributed by atoms with van der Waals surface area (Å²) in [6.45, 7) is 0.512. The number of amides is 1. The average Bonchev–Trinajstić information content (AvgIpc) is 3.18. The van der Waals surface area contributed by atoms with E-state index in [1.54, 1.807) is 0 Å². The van der Waals surface area contributed by atoms with Crippen LogP contribution in [-0.2, 0) is 4.79 Å². The van der Waals surface area contributed by atoms with Gasteiger partial charge in [-0.15, -0.1) is 0 Å². The highest BCUT2D eigenvalue weighted by Crippen LogP contribution is 2.19. The first-order valence-electron chi connectivity index (χ1n) is 6.69. The number of rotatable bonds is 7. The monoisotopic (exact) mass is 284 g/mol. The standard InChI is InChI=1S/C14H18F2N2O2/c15-9-1-4-11(12(16)7-9)13(19)8-17-6-5-14(20)18-10-2-3-10/h1,4,7,10,13,17,19H,2-3,5-6,8H2,(H,18,20). The zero-order chi connectivity index (χ0) is 14.5. The van der Waals surface area contributed by atoms with Gasteiger partial charge >= 0.3 is 0 Å². The van der Waals surface area contributed by atoms with E-state index >= 15 is 0 Å². The molecule has 1 unspecified atom stereocenters. The Balaban J connectivity index is 1.68. The van der Waals surface area contributed by atoms with Gasteiger partial charge in [0.1, 0.15) is 11.6 Å². The Morgan fingerprint density at radius 2 is 2.15 bits per heavy atom. The molecule has 0 aromatic heterocycles. The third-order valence-electron chi connectivity index (χ3n) is 3.13. The first-order valence-corrected chi connectivity index (χ1v) is 6.69. The SMILES string of the molecule is O=C(CCNCC(O)c1ccc(F)cc1F)NC1CC1. The van der Waals surface area contributed by atoms with Gasteiger partial charge < -0.3 is 15.7 Å². The fourth-order valence-electron chi connectivity index (χ4n) is 1.85. The van der Waals surface area contributed by atoms with Gasteiger partial charge in [-0.25, -0.2) is 8.78 Å². The summed E-state index contributed by atoms with van der Waals surface area (Å²) in [4.78, 5) is 11.4. The van der Waals surface area contributed by atoms with E-state index in [-0.39, 0.29) is 18.0 Å². The van der Waals surface area contributed by atoms with E-state index in [9.17, 15) is 18.7 Å². The minimum absolute atomic E-state index is 0.0255. The molecule has 1 fully saturated rings. The first kappa shape index (κ1) is 14.9. The summed E-state index contributed by atoms with van der Waals surface area (Å²) in [6, 6.07) is 3.39. The van der Waals surface area contributed by atoms with Crippen LogP contribution in [0.4, 0.5) is 8.78 Å². The highest BCUT2D eigenvalue weighted by molar-refractivity contribution is 5.76. The lowest BCUT2D eigenvalue weighted by Gasteiger charge is -2.13. The largest absolute Gasteiger partial charge is 0.387 e. The molecule has 0 spiro atoms. The number of benzene rings is 1. The van der Waals surface area contributed by atoms with E-state index in [2.05, 4.69) is 10.6 Å². The van der Waals surface area contributed by atoms with Gasteiger partial charge in [-0.2, -0.15) is 0 Å². The maximum atomic E-state index is 13.4. The van der Waals surface area contributed by atoms with Crippen LogP contribution in [0.15, 0.2) is 18.2 Å². The fraction of sp³-hybridized carbons (Fsp3) is 0.500. The summed E-state index contributed by atoms with van der Waals surface area (Å²) < 4.78 is 26.1.